The highest BCUT2D eigenvalue weighted by molar-refractivity contribution is 7.14. The van der Waals surface area contributed by atoms with Gasteiger partial charge < -0.3 is 10.0 Å². The van der Waals surface area contributed by atoms with Crippen LogP contribution in [-0.2, 0) is 17.6 Å². The third-order valence-electron chi connectivity index (χ3n) is 4.26. The monoisotopic (exact) mass is 293 g/mol. The summed E-state index contributed by atoms with van der Waals surface area (Å²) in [5.41, 5.74) is 1.32. The number of aryl methyl sites for hydroxylation is 2. The molecule has 4 nitrogen and oxygen atoms in total. The number of carboxylic acids is 1. The fourth-order valence-electron chi connectivity index (χ4n) is 3.26. The summed E-state index contributed by atoms with van der Waals surface area (Å²) in [4.78, 5) is 27.5. The summed E-state index contributed by atoms with van der Waals surface area (Å²) in [6, 6.07) is 1.90. The average molecular weight is 293 g/mol. The molecule has 108 valence electrons. The van der Waals surface area contributed by atoms with Crippen LogP contribution in [0.2, 0.25) is 0 Å². The molecule has 3 rings (SSSR count). The normalized spacial score (nSPS) is 21.8. The van der Waals surface area contributed by atoms with E-state index >= 15 is 0 Å². The van der Waals surface area contributed by atoms with E-state index in [4.69, 9.17) is 5.11 Å². The van der Waals surface area contributed by atoms with Crippen LogP contribution in [0.1, 0.15) is 52.2 Å². The van der Waals surface area contributed by atoms with Gasteiger partial charge in [0.1, 0.15) is 0 Å². The molecular formula is C15H19NO3S. The predicted octanol–water partition coefficient (Wildman–Crippen LogP) is 2.71. The molecule has 20 heavy (non-hydrogen) atoms. The molecular weight excluding hydrogens is 274 g/mol. The Morgan fingerprint density at radius 3 is 2.90 bits per heavy atom. The van der Waals surface area contributed by atoms with E-state index in [1.165, 1.54) is 16.9 Å². The number of amides is 1. The molecule has 0 spiro atoms. The number of likely N-dealkylation sites (tertiary alicyclic amines) is 1. The summed E-state index contributed by atoms with van der Waals surface area (Å²) >= 11 is 1.61. The molecule has 1 unspecified atom stereocenters. The first-order valence-electron chi connectivity index (χ1n) is 7.29. The minimum atomic E-state index is -0.816. The van der Waals surface area contributed by atoms with Gasteiger partial charge in [0.15, 0.2) is 0 Å². The van der Waals surface area contributed by atoms with E-state index in [1.54, 1.807) is 16.2 Å². The first kappa shape index (κ1) is 13.6. The first-order chi connectivity index (χ1) is 9.65. The van der Waals surface area contributed by atoms with Gasteiger partial charge in [-0.1, -0.05) is 0 Å². The second kappa shape index (κ2) is 5.56. The van der Waals surface area contributed by atoms with Crippen LogP contribution in [0.4, 0.5) is 0 Å². The highest BCUT2D eigenvalue weighted by Crippen LogP contribution is 2.32. The van der Waals surface area contributed by atoms with Gasteiger partial charge >= 0.3 is 5.97 Å². The lowest BCUT2D eigenvalue weighted by molar-refractivity contribution is -0.138. The molecule has 1 aromatic rings. The Kier molecular flexibility index (Phi) is 3.78. The van der Waals surface area contributed by atoms with E-state index in [0.29, 0.717) is 6.54 Å². The highest BCUT2D eigenvalue weighted by atomic mass is 32.1. The van der Waals surface area contributed by atoms with E-state index in [9.17, 15) is 9.59 Å². The van der Waals surface area contributed by atoms with Crippen molar-refractivity contribution in [1.29, 1.82) is 0 Å². The minimum absolute atomic E-state index is 0.0374. The Hall–Kier alpha value is -1.36. The van der Waals surface area contributed by atoms with Crippen molar-refractivity contribution in [2.24, 2.45) is 0 Å². The number of carboxylic acid groups (broad SMARTS) is 1. The van der Waals surface area contributed by atoms with Crippen LogP contribution in [0.5, 0.6) is 0 Å². The van der Waals surface area contributed by atoms with Gasteiger partial charge in [-0.15, -0.1) is 11.3 Å². The predicted molar refractivity (Wildman–Crippen MR) is 77.3 cm³/mol. The summed E-state index contributed by atoms with van der Waals surface area (Å²) in [6.07, 6.45) is 6.24. The molecule has 0 aromatic carbocycles. The van der Waals surface area contributed by atoms with Crippen molar-refractivity contribution in [3.63, 3.8) is 0 Å². The zero-order valence-corrected chi connectivity index (χ0v) is 12.2. The smallest absolute Gasteiger partial charge is 0.305 e. The van der Waals surface area contributed by atoms with E-state index in [2.05, 4.69) is 0 Å². The number of hydrogen-bond donors (Lipinski definition) is 1. The van der Waals surface area contributed by atoms with Crippen molar-refractivity contribution in [2.75, 3.05) is 6.54 Å². The number of piperidine rings is 1. The SMILES string of the molecule is O=C(O)CC1CCCCN1C(=O)c1cc2c(s1)CCC2. The van der Waals surface area contributed by atoms with Crippen molar-refractivity contribution < 1.29 is 14.7 Å². The van der Waals surface area contributed by atoms with Gasteiger partial charge in [-0.05, 0) is 50.2 Å². The maximum atomic E-state index is 12.6. The van der Waals surface area contributed by atoms with Crippen molar-refractivity contribution in [3.8, 4) is 0 Å². The van der Waals surface area contributed by atoms with E-state index in [1.807, 2.05) is 6.07 Å². The van der Waals surface area contributed by atoms with Crippen LogP contribution in [-0.4, -0.2) is 34.5 Å². The van der Waals surface area contributed by atoms with Crippen LogP contribution in [0, 0.1) is 0 Å². The fourth-order valence-corrected chi connectivity index (χ4v) is 4.47. The number of carbonyl (C=O) groups is 2. The molecule has 1 atom stereocenters. The molecule has 0 bridgehead atoms. The molecule has 1 fully saturated rings. The van der Waals surface area contributed by atoms with Crippen molar-refractivity contribution in [1.82, 2.24) is 4.90 Å². The van der Waals surface area contributed by atoms with Crippen LogP contribution >= 0.6 is 11.3 Å². The maximum absolute atomic E-state index is 12.6. The quantitative estimate of drug-likeness (QED) is 0.932. The maximum Gasteiger partial charge on any atom is 0.305 e. The lowest BCUT2D eigenvalue weighted by atomic mass is 9.99. The van der Waals surface area contributed by atoms with Crippen molar-refractivity contribution >= 4 is 23.2 Å². The summed E-state index contributed by atoms with van der Waals surface area (Å²) in [6.45, 7) is 0.694. The molecule has 1 amide bonds. The number of carbonyl (C=O) groups excluding carboxylic acids is 1. The zero-order valence-electron chi connectivity index (χ0n) is 11.4. The van der Waals surface area contributed by atoms with Crippen molar-refractivity contribution in [3.05, 3.63) is 21.4 Å². The molecule has 2 aliphatic rings. The number of fused-ring (bicyclic) bond motifs is 1. The van der Waals surface area contributed by atoms with Gasteiger partial charge in [0.2, 0.25) is 0 Å². The number of thiophene rings is 1. The Labute approximate surface area is 122 Å². The molecule has 1 aliphatic carbocycles. The average Bonchev–Trinajstić information content (AvgIpc) is 2.98. The highest BCUT2D eigenvalue weighted by Gasteiger charge is 2.30. The number of hydrogen-bond acceptors (Lipinski definition) is 3. The summed E-state index contributed by atoms with van der Waals surface area (Å²) in [5, 5.41) is 9.00. The first-order valence-corrected chi connectivity index (χ1v) is 8.11. The lowest BCUT2D eigenvalue weighted by Gasteiger charge is -2.34. The van der Waals surface area contributed by atoms with Gasteiger partial charge in [0.05, 0.1) is 11.3 Å². The lowest BCUT2D eigenvalue weighted by Crippen LogP contribution is -2.44. The van der Waals surface area contributed by atoms with Gasteiger partial charge in [0, 0.05) is 17.5 Å². The molecule has 5 heteroatoms. The molecule has 1 aliphatic heterocycles. The largest absolute Gasteiger partial charge is 0.481 e. The second-order valence-corrected chi connectivity index (χ2v) is 6.80. The Bertz CT molecular complexity index is 516. The topological polar surface area (TPSA) is 57.6 Å². The number of aliphatic carboxylic acids is 1. The summed E-state index contributed by atoms with van der Waals surface area (Å²) in [5.74, 6) is -0.779. The summed E-state index contributed by atoms with van der Waals surface area (Å²) < 4.78 is 0. The summed E-state index contributed by atoms with van der Waals surface area (Å²) in [7, 11) is 0. The Morgan fingerprint density at radius 1 is 1.30 bits per heavy atom. The van der Waals surface area contributed by atoms with Gasteiger partial charge in [0.25, 0.3) is 5.91 Å². The van der Waals surface area contributed by atoms with Gasteiger partial charge in [-0.3, -0.25) is 9.59 Å². The second-order valence-electron chi connectivity index (χ2n) is 5.66. The third kappa shape index (κ3) is 2.59. The zero-order chi connectivity index (χ0) is 14.1. The van der Waals surface area contributed by atoms with Crippen LogP contribution in [0.25, 0.3) is 0 Å². The molecule has 0 radical (unpaired) electrons. The van der Waals surface area contributed by atoms with Gasteiger partial charge in [-0.2, -0.15) is 0 Å². The van der Waals surface area contributed by atoms with E-state index < -0.39 is 5.97 Å². The molecule has 2 heterocycles. The molecule has 0 saturated carbocycles. The third-order valence-corrected chi connectivity index (χ3v) is 5.48. The minimum Gasteiger partial charge on any atom is -0.481 e. The van der Waals surface area contributed by atoms with Crippen molar-refractivity contribution in [2.45, 2.75) is 51.0 Å². The fraction of sp³-hybridized carbons (Fsp3) is 0.600. The van der Waals surface area contributed by atoms with Crippen LogP contribution < -0.4 is 0 Å². The Balaban J connectivity index is 1.78. The van der Waals surface area contributed by atoms with E-state index in [-0.39, 0.29) is 18.4 Å². The van der Waals surface area contributed by atoms with Crippen LogP contribution in [0.3, 0.4) is 0 Å². The number of nitrogens with zero attached hydrogens (tertiary/aromatic N) is 1. The van der Waals surface area contributed by atoms with Crippen LogP contribution in [0.15, 0.2) is 6.07 Å². The number of rotatable bonds is 3. The van der Waals surface area contributed by atoms with E-state index in [0.717, 1.165) is 37.0 Å². The molecule has 1 saturated heterocycles. The Morgan fingerprint density at radius 2 is 2.15 bits per heavy atom. The standard InChI is InChI=1S/C15H19NO3S/c17-14(18)9-11-5-1-2-7-16(11)15(19)13-8-10-4-3-6-12(10)20-13/h8,11H,1-7,9H2,(H,17,18). The van der Waals surface area contributed by atoms with Gasteiger partial charge in [-0.25, -0.2) is 0 Å². The molecule has 1 N–H and O–H groups in total. The molecule has 1 aromatic heterocycles.